The number of hydrogen-bond donors (Lipinski definition) is 1. The number of aromatic nitrogens is 2. The fraction of sp³-hybridized carbons (Fsp3) is 0.357. The minimum absolute atomic E-state index is 0.173. The van der Waals surface area contributed by atoms with Crippen LogP contribution in [0, 0.1) is 5.82 Å². The van der Waals surface area contributed by atoms with Crippen molar-refractivity contribution < 1.29 is 4.39 Å². The Hall–Kier alpha value is -1.68. The number of nitrogens with zero attached hydrogens (tertiary/aromatic N) is 2. The van der Waals surface area contributed by atoms with Gasteiger partial charge < -0.3 is 5.73 Å². The lowest BCUT2D eigenvalue weighted by atomic mass is 10.1. The van der Waals surface area contributed by atoms with E-state index in [1.54, 1.807) is 6.07 Å². The van der Waals surface area contributed by atoms with Gasteiger partial charge in [-0.05, 0) is 31.0 Å². The van der Waals surface area contributed by atoms with Crippen LogP contribution >= 0.6 is 0 Å². The minimum Gasteiger partial charge on any atom is -0.326 e. The number of benzene rings is 1. The van der Waals surface area contributed by atoms with Gasteiger partial charge in [0.15, 0.2) is 0 Å². The molecule has 1 aromatic carbocycles. The topological polar surface area (TPSA) is 43.8 Å². The zero-order chi connectivity index (χ0) is 13.1. The highest BCUT2D eigenvalue weighted by Crippen LogP contribution is 2.20. The van der Waals surface area contributed by atoms with Gasteiger partial charge in [0.1, 0.15) is 5.82 Å². The number of rotatable bonds is 4. The van der Waals surface area contributed by atoms with Crippen molar-refractivity contribution in [1.29, 1.82) is 0 Å². The summed E-state index contributed by atoms with van der Waals surface area (Å²) >= 11 is 0. The quantitative estimate of drug-likeness (QED) is 0.902. The van der Waals surface area contributed by atoms with E-state index in [2.05, 4.69) is 25.0 Å². The van der Waals surface area contributed by atoms with Crippen molar-refractivity contribution >= 4 is 0 Å². The molecule has 0 radical (unpaired) electrons. The molecule has 1 heterocycles. The Morgan fingerprint density at radius 1 is 1.28 bits per heavy atom. The highest BCUT2D eigenvalue weighted by Gasteiger charge is 2.13. The zero-order valence-corrected chi connectivity index (χ0v) is 10.8. The molecule has 0 atom stereocenters. The van der Waals surface area contributed by atoms with Gasteiger partial charge in [-0.2, -0.15) is 5.10 Å². The van der Waals surface area contributed by atoms with Crippen LogP contribution in [-0.4, -0.2) is 9.78 Å². The van der Waals surface area contributed by atoms with Crippen molar-refractivity contribution in [2.75, 3.05) is 0 Å². The first-order valence-electron chi connectivity index (χ1n) is 6.26. The number of aryl methyl sites for hydroxylation is 2. The van der Waals surface area contributed by atoms with E-state index in [1.807, 2.05) is 10.7 Å². The van der Waals surface area contributed by atoms with Crippen LogP contribution < -0.4 is 5.73 Å². The molecule has 4 heteroatoms. The molecule has 0 saturated heterocycles. The third kappa shape index (κ3) is 2.16. The molecule has 1 aromatic heterocycles. The standard InChI is InChI=1S/C14H18FN3/c1-3-10-8-11(4-2)18(17-10)14-7-5-6-13(15)12(14)9-16/h5-8H,3-4,9,16H2,1-2H3. The molecule has 0 spiro atoms. The maximum Gasteiger partial charge on any atom is 0.129 e. The molecule has 0 fully saturated rings. The maximum atomic E-state index is 13.7. The smallest absolute Gasteiger partial charge is 0.129 e. The van der Waals surface area contributed by atoms with E-state index in [-0.39, 0.29) is 12.4 Å². The SMILES string of the molecule is CCc1cc(CC)n(-c2cccc(F)c2CN)n1. The van der Waals surface area contributed by atoms with Gasteiger partial charge in [0.05, 0.1) is 11.4 Å². The Kier molecular flexibility index (Phi) is 3.77. The molecule has 0 aliphatic rings. The Labute approximate surface area is 106 Å². The Bertz CT molecular complexity index is 546. The third-order valence-corrected chi connectivity index (χ3v) is 3.08. The lowest BCUT2D eigenvalue weighted by Crippen LogP contribution is -2.10. The number of nitrogens with two attached hydrogens (primary N) is 1. The normalized spacial score (nSPS) is 10.9. The van der Waals surface area contributed by atoms with Gasteiger partial charge in [0.25, 0.3) is 0 Å². The summed E-state index contributed by atoms with van der Waals surface area (Å²) in [5.41, 5.74) is 8.98. The number of hydrogen-bond acceptors (Lipinski definition) is 2. The first-order valence-corrected chi connectivity index (χ1v) is 6.26. The molecule has 2 rings (SSSR count). The second-order valence-corrected chi connectivity index (χ2v) is 4.19. The van der Waals surface area contributed by atoms with E-state index >= 15 is 0 Å². The lowest BCUT2D eigenvalue weighted by Gasteiger charge is -2.11. The van der Waals surface area contributed by atoms with E-state index in [0.29, 0.717) is 5.56 Å². The zero-order valence-electron chi connectivity index (χ0n) is 10.8. The molecule has 3 nitrogen and oxygen atoms in total. The van der Waals surface area contributed by atoms with E-state index in [0.717, 1.165) is 29.9 Å². The fourth-order valence-electron chi connectivity index (χ4n) is 2.06. The van der Waals surface area contributed by atoms with E-state index in [4.69, 9.17) is 5.73 Å². The summed E-state index contributed by atoms with van der Waals surface area (Å²) in [5, 5.41) is 4.51. The van der Waals surface area contributed by atoms with Crippen LogP contribution in [0.4, 0.5) is 4.39 Å². The molecule has 18 heavy (non-hydrogen) atoms. The van der Waals surface area contributed by atoms with Crippen LogP contribution in [0.1, 0.15) is 30.8 Å². The summed E-state index contributed by atoms with van der Waals surface area (Å²) in [6, 6.07) is 7.04. The van der Waals surface area contributed by atoms with E-state index in [9.17, 15) is 4.39 Å². The molecule has 0 aliphatic heterocycles. The van der Waals surface area contributed by atoms with Gasteiger partial charge in [-0.3, -0.25) is 0 Å². The molecule has 2 N–H and O–H groups in total. The minimum atomic E-state index is -0.273. The molecule has 0 unspecified atom stereocenters. The summed E-state index contributed by atoms with van der Waals surface area (Å²) in [4.78, 5) is 0. The third-order valence-electron chi connectivity index (χ3n) is 3.08. The van der Waals surface area contributed by atoms with E-state index in [1.165, 1.54) is 6.07 Å². The van der Waals surface area contributed by atoms with Crippen molar-refractivity contribution in [2.45, 2.75) is 33.2 Å². The highest BCUT2D eigenvalue weighted by molar-refractivity contribution is 5.43. The monoisotopic (exact) mass is 247 g/mol. The van der Waals surface area contributed by atoms with Crippen molar-refractivity contribution in [3.05, 3.63) is 47.0 Å². The molecule has 96 valence electrons. The summed E-state index contributed by atoms with van der Waals surface area (Å²) in [7, 11) is 0. The average Bonchev–Trinajstić information content (AvgIpc) is 2.81. The predicted octanol–water partition coefficient (Wildman–Crippen LogP) is 2.59. The van der Waals surface area contributed by atoms with Gasteiger partial charge in [-0.15, -0.1) is 0 Å². The second-order valence-electron chi connectivity index (χ2n) is 4.19. The Morgan fingerprint density at radius 2 is 2.06 bits per heavy atom. The molecule has 0 saturated carbocycles. The Morgan fingerprint density at radius 3 is 2.67 bits per heavy atom. The van der Waals surface area contributed by atoms with Crippen molar-refractivity contribution in [3.63, 3.8) is 0 Å². The molecular formula is C14H18FN3. The molecule has 0 amide bonds. The average molecular weight is 247 g/mol. The summed E-state index contributed by atoms with van der Waals surface area (Å²) in [5.74, 6) is -0.273. The first kappa shape index (κ1) is 12.8. The van der Waals surface area contributed by atoms with Crippen LogP contribution in [0.25, 0.3) is 5.69 Å². The van der Waals surface area contributed by atoms with Crippen LogP contribution in [0.15, 0.2) is 24.3 Å². The van der Waals surface area contributed by atoms with Crippen molar-refractivity contribution in [3.8, 4) is 5.69 Å². The summed E-state index contributed by atoms with van der Waals surface area (Å²) < 4.78 is 15.5. The predicted molar refractivity (Wildman–Crippen MR) is 70.2 cm³/mol. The highest BCUT2D eigenvalue weighted by atomic mass is 19.1. The summed E-state index contributed by atoms with van der Waals surface area (Å²) in [6.07, 6.45) is 1.72. The summed E-state index contributed by atoms with van der Waals surface area (Å²) in [6.45, 7) is 4.29. The fourth-order valence-corrected chi connectivity index (χ4v) is 2.06. The van der Waals surface area contributed by atoms with Crippen LogP contribution in [0.3, 0.4) is 0 Å². The van der Waals surface area contributed by atoms with Crippen LogP contribution in [0.2, 0.25) is 0 Å². The first-order chi connectivity index (χ1) is 8.71. The molecule has 0 bridgehead atoms. The Balaban J connectivity index is 2.60. The van der Waals surface area contributed by atoms with Crippen LogP contribution in [0.5, 0.6) is 0 Å². The van der Waals surface area contributed by atoms with Gasteiger partial charge in [-0.1, -0.05) is 19.9 Å². The van der Waals surface area contributed by atoms with Gasteiger partial charge >= 0.3 is 0 Å². The van der Waals surface area contributed by atoms with Gasteiger partial charge in [-0.25, -0.2) is 9.07 Å². The van der Waals surface area contributed by atoms with Crippen molar-refractivity contribution in [1.82, 2.24) is 9.78 Å². The largest absolute Gasteiger partial charge is 0.326 e. The van der Waals surface area contributed by atoms with Crippen molar-refractivity contribution in [2.24, 2.45) is 5.73 Å². The molecular weight excluding hydrogens is 229 g/mol. The lowest BCUT2D eigenvalue weighted by molar-refractivity contribution is 0.605. The molecule has 2 aromatic rings. The van der Waals surface area contributed by atoms with Gasteiger partial charge in [0.2, 0.25) is 0 Å². The van der Waals surface area contributed by atoms with E-state index < -0.39 is 0 Å². The van der Waals surface area contributed by atoms with Gasteiger partial charge in [0, 0.05) is 17.8 Å². The maximum absolute atomic E-state index is 13.7. The second kappa shape index (κ2) is 5.31. The van der Waals surface area contributed by atoms with Crippen LogP contribution in [-0.2, 0) is 19.4 Å². The molecule has 0 aliphatic carbocycles. The number of halogens is 1.